The molecule has 0 saturated carbocycles. The van der Waals surface area contributed by atoms with E-state index in [1.807, 2.05) is 20.8 Å². The highest BCUT2D eigenvalue weighted by molar-refractivity contribution is 5.89. The fraction of sp³-hybridized carbons (Fsp3) is 0.600. The highest BCUT2D eigenvalue weighted by atomic mass is 16.5. The molecule has 4 heteroatoms. The van der Waals surface area contributed by atoms with Gasteiger partial charge in [-0.05, 0) is 24.2 Å². The maximum atomic E-state index is 11.6. The minimum absolute atomic E-state index is 0.0539. The summed E-state index contributed by atoms with van der Waals surface area (Å²) in [6.45, 7) is 13.5. The third kappa shape index (κ3) is 4.89. The number of ether oxygens (including phenoxy) is 2. The largest absolute Gasteiger partial charge is 0.466 e. The molecule has 0 saturated heterocycles. The Labute approximate surface area is 115 Å². The minimum atomic E-state index is -0.418. The molecular weight excluding hydrogens is 244 g/mol. The quantitative estimate of drug-likeness (QED) is 0.526. The molecule has 0 aliphatic rings. The Bertz CT molecular complexity index is 368. The van der Waals surface area contributed by atoms with Crippen LogP contribution < -0.4 is 0 Å². The number of hydrogen-bond donors (Lipinski definition) is 0. The second-order valence-corrected chi connectivity index (χ2v) is 5.06. The van der Waals surface area contributed by atoms with Crippen LogP contribution in [0.25, 0.3) is 0 Å². The summed E-state index contributed by atoms with van der Waals surface area (Å²) in [7, 11) is 2.66. The average Bonchev–Trinajstić information content (AvgIpc) is 2.35. The van der Waals surface area contributed by atoms with Gasteiger partial charge >= 0.3 is 11.9 Å². The van der Waals surface area contributed by atoms with E-state index in [2.05, 4.69) is 17.9 Å². The van der Waals surface area contributed by atoms with Crippen molar-refractivity contribution < 1.29 is 19.1 Å². The van der Waals surface area contributed by atoms with E-state index in [0.717, 1.165) is 0 Å². The van der Waals surface area contributed by atoms with Crippen LogP contribution >= 0.6 is 0 Å². The highest BCUT2D eigenvalue weighted by Crippen LogP contribution is 2.32. The fourth-order valence-electron chi connectivity index (χ4n) is 2.41. The van der Waals surface area contributed by atoms with Gasteiger partial charge in [0.2, 0.25) is 0 Å². The first-order valence-corrected chi connectivity index (χ1v) is 6.29. The summed E-state index contributed by atoms with van der Waals surface area (Å²) in [6.07, 6.45) is 0.464. The van der Waals surface area contributed by atoms with E-state index in [-0.39, 0.29) is 17.8 Å². The third-order valence-corrected chi connectivity index (χ3v) is 3.22. The Morgan fingerprint density at radius 1 is 1.00 bits per heavy atom. The first-order chi connectivity index (χ1) is 8.76. The van der Waals surface area contributed by atoms with Crippen LogP contribution in [0, 0.1) is 17.8 Å². The van der Waals surface area contributed by atoms with E-state index < -0.39 is 11.9 Å². The van der Waals surface area contributed by atoms with Gasteiger partial charge in [0.05, 0.1) is 14.2 Å². The summed E-state index contributed by atoms with van der Waals surface area (Å²) >= 11 is 0. The lowest BCUT2D eigenvalue weighted by Gasteiger charge is -2.28. The number of carbonyl (C=O) groups is 2. The van der Waals surface area contributed by atoms with E-state index in [1.54, 1.807) is 0 Å². The van der Waals surface area contributed by atoms with Gasteiger partial charge in [-0.3, -0.25) is 0 Å². The van der Waals surface area contributed by atoms with Crippen molar-refractivity contribution in [3.8, 4) is 0 Å². The molecule has 2 atom stereocenters. The molecular formula is C15H24O4. The number of methoxy groups -OCH3 is 2. The Kier molecular flexibility index (Phi) is 7.12. The number of hydrogen-bond acceptors (Lipinski definition) is 4. The van der Waals surface area contributed by atoms with Gasteiger partial charge in [0.15, 0.2) is 0 Å². The SMILES string of the molecule is C=C(CC(C)C(C(=C)C(=O)OC)C(C)C)C(=O)OC. The van der Waals surface area contributed by atoms with Crippen molar-refractivity contribution in [3.05, 3.63) is 24.3 Å². The molecule has 19 heavy (non-hydrogen) atoms. The van der Waals surface area contributed by atoms with Crippen LogP contribution in [0.4, 0.5) is 0 Å². The number of esters is 2. The predicted molar refractivity (Wildman–Crippen MR) is 74.4 cm³/mol. The molecule has 0 aromatic carbocycles. The van der Waals surface area contributed by atoms with Crippen LogP contribution in [0.1, 0.15) is 27.2 Å². The molecule has 0 aliphatic carbocycles. The topological polar surface area (TPSA) is 52.6 Å². The van der Waals surface area contributed by atoms with Crippen LogP contribution in [0.5, 0.6) is 0 Å². The fourth-order valence-corrected chi connectivity index (χ4v) is 2.41. The van der Waals surface area contributed by atoms with Gasteiger partial charge in [-0.15, -0.1) is 0 Å². The molecule has 4 nitrogen and oxygen atoms in total. The van der Waals surface area contributed by atoms with Crippen LogP contribution in [0.3, 0.4) is 0 Å². The van der Waals surface area contributed by atoms with E-state index >= 15 is 0 Å². The van der Waals surface area contributed by atoms with E-state index in [4.69, 9.17) is 4.74 Å². The molecule has 0 heterocycles. The van der Waals surface area contributed by atoms with Gasteiger partial charge in [0.25, 0.3) is 0 Å². The molecule has 2 unspecified atom stereocenters. The summed E-state index contributed by atoms with van der Waals surface area (Å²) in [5.74, 6) is -0.619. The summed E-state index contributed by atoms with van der Waals surface area (Å²) in [6, 6.07) is 0. The molecule has 0 amide bonds. The van der Waals surface area contributed by atoms with E-state index in [0.29, 0.717) is 17.6 Å². The Balaban J connectivity index is 4.91. The smallest absolute Gasteiger partial charge is 0.333 e. The number of carbonyl (C=O) groups excluding carboxylic acids is 2. The van der Waals surface area contributed by atoms with Crippen molar-refractivity contribution in [2.45, 2.75) is 27.2 Å². The molecule has 0 fully saturated rings. The molecule has 108 valence electrons. The van der Waals surface area contributed by atoms with Crippen LogP contribution in [-0.2, 0) is 19.1 Å². The van der Waals surface area contributed by atoms with Crippen LogP contribution in [0.2, 0.25) is 0 Å². The summed E-state index contributed by atoms with van der Waals surface area (Å²) in [4.78, 5) is 23.0. The van der Waals surface area contributed by atoms with Gasteiger partial charge < -0.3 is 9.47 Å². The van der Waals surface area contributed by atoms with Gasteiger partial charge in [-0.25, -0.2) is 9.59 Å². The third-order valence-electron chi connectivity index (χ3n) is 3.22. The first kappa shape index (κ1) is 17.4. The lowest BCUT2D eigenvalue weighted by atomic mass is 9.77. The second kappa shape index (κ2) is 7.77. The second-order valence-electron chi connectivity index (χ2n) is 5.06. The van der Waals surface area contributed by atoms with Crippen LogP contribution in [0.15, 0.2) is 24.3 Å². The van der Waals surface area contributed by atoms with Crippen molar-refractivity contribution in [2.24, 2.45) is 17.8 Å². The number of rotatable bonds is 7. The molecule has 0 aliphatic heterocycles. The molecule has 0 radical (unpaired) electrons. The van der Waals surface area contributed by atoms with Gasteiger partial charge in [-0.2, -0.15) is 0 Å². The zero-order chi connectivity index (χ0) is 15.2. The van der Waals surface area contributed by atoms with Gasteiger partial charge in [0.1, 0.15) is 0 Å². The van der Waals surface area contributed by atoms with Crippen molar-refractivity contribution >= 4 is 11.9 Å². The highest BCUT2D eigenvalue weighted by Gasteiger charge is 2.29. The van der Waals surface area contributed by atoms with Crippen molar-refractivity contribution in [2.75, 3.05) is 14.2 Å². The Morgan fingerprint density at radius 3 is 1.84 bits per heavy atom. The summed E-state index contributed by atoms with van der Waals surface area (Å²) in [5, 5.41) is 0. The molecule has 0 bridgehead atoms. The van der Waals surface area contributed by atoms with Crippen molar-refractivity contribution in [3.63, 3.8) is 0 Å². The Morgan fingerprint density at radius 2 is 1.47 bits per heavy atom. The zero-order valence-corrected chi connectivity index (χ0v) is 12.5. The Hall–Kier alpha value is -1.58. The average molecular weight is 268 g/mol. The maximum Gasteiger partial charge on any atom is 0.333 e. The van der Waals surface area contributed by atoms with Crippen molar-refractivity contribution in [1.29, 1.82) is 0 Å². The van der Waals surface area contributed by atoms with Crippen molar-refractivity contribution in [1.82, 2.24) is 0 Å². The van der Waals surface area contributed by atoms with E-state index in [9.17, 15) is 9.59 Å². The predicted octanol–water partition coefficient (Wildman–Crippen LogP) is 2.74. The normalized spacial score (nSPS) is 13.6. The van der Waals surface area contributed by atoms with Gasteiger partial charge in [-0.1, -0.05) is 33.9 Å². The van der Waals surface area contributed by atoms with E-state index in [1.165, 1.54) is 14.2 Å². The van der Waals surface area contributed by atoms with Gasteiger partial charge in [0, 0.05) is 11.1 Å². The molecule has 0 aromatic heterocycles. The minimum Gasteiger partial charge on any atom is -0.466 e. The first-order valence-electron chi connectivity index (χ1n) is 6.29. The lowest BCUT2D eigenvalue weighted by Crippen LogP contribution is -2.26. The monoisotopic (exact) mass is 268 g/mol. The zero-order valence-electron chi connectivity index (χ0n) is 12.5. The standard InChI is InChI=1S/C15H24O4/c1-9(2)13(12(5)15(17)19-7)10(3)8-11(4)14(16)18-6/h9-10,13H,4-5,8H2,1-3,6-7H3. The summed E-state index contributed by atoms with van der Waals surface area (Å²) in [5.41, 5.74) is 0.834. The lowest BCUT2D eigenvalue weighted by molar-refractivity contribution is -0.137. The summed E-state index contributed by atoms with van der Waals surface area (Å²) < 4.78 is 9.34. The van der Waals surface area contributed by atoms with Crippen LogP contribution in [-0.4, -0.2) is 26.2 Å². The molecule has 0 N–H and O–H groups in total. The molecule has 0 rings (SSSR count). The maximum absolute atomic E-state index is 11.6. The molecule has 0 spiro atoms. The molecule has 0 aromatic rings.